The van der Waals surface area contributed by atoms with E-state index in [0.717, 1.165) is 30.1 Å². The molecule has 1 N–H and O–H groups in total. The van der Waals surface area contributed by atoms with Gasteiger partial charge in [0.2, 0.25) is 15.9 Å². The fourth-order valence-electron chi connectivity index (χ4n) is 3.86. The third-order valence-corrected chi connectivity index (χ3v) is 7.54. The summed E-state index contributed by atoms with van der Waals surface area (Å²) in [7, 11) is -3.66. The van der Waals surface area contributed by atoms with Gasteiger partial charge in [0.05, 0.1) is 17.5 Å². The van der Waals surface area contributed by atoms with Crippen LogP contribution in [0.3, 0.4) is 0 Å². The Bertz CT molecular complexity index is 1040. The smallest absolute Gasteiger partial charge is 0.243 e. The van der Waals surface area contributed by atoms with Crippen molar-refractivity contribution in [1.82, 2.24) is 19.1 Å². The second kappa shape index (κ2) is 5.87. The predicted molar refractivity (Wildman–Crippen MR) is 97.7 cm³/mol. The molecule has 2 aromatic rings. The van der Waals surface area contributed by atoms with Crippen molar-refractivity contribution >= 4 is 21.6 Å². The molecule has 0 bridgehead atoms. The van der Waals surface area contributed by atoms with Crippen molar-refractivity contribution in [2.75, 3.05) is 11.9 Å². The number of fused-ring (bicyclic) bond motifs is 2. The zero-order valence-corrected chi connectivity index (χ0v) is 15.9. The van der Waals surface area contributed by atoms with Crippen LogP contribution < -0.4 is 5.32 Å². The molecule has 1 aliphatic carbocycles. The molecule has 3 heterocycles. The number of hydrogen-bond acceptors (Lipinski definition) is 5. The Morgan fingerprint density at radius 2 is 2.00 bits per heavy atom. The standard InChI is InChI=1S/C18H21N5O3S/c1-11-18-20-17(12-2-3-12)21-22(18)8-9-23(11)27(25,26)14-5-6-15-13(10-14)4-7-16(24)19-15/h5-6,10-12H,2-4,7-9H2,1H3,(H,19,24)/t11-/m1/s1. The van der Waals surface area contributed by atoms with E-state index < -0.39 is 10.0 Å². The number of carbonyl (C=O) groups excluding carboxylic acids is 1. The van der Waals surface area contributed by atoms with Crippen LogP contribution >= 0.6 is 0 Å². The van der Waals surface area contributed by atoms with Crippen LogP contribution in [0.25, 0.3) is 0 Å². The van der Waals surface area contributed by atoms with Crippen LogP contribution in [0.1, 0.15) is 55.4 Å². The van der Waals surface area contributed by atoms with Crippen molar-refractivity contribution in [2.45, 2.75) is 56.0 Å². The van der Waals surface area contributed by atoms with Crippen LogP contribution in [-0.4, -0.2) is 39.9 Å². The first kappa shape index (κ1) is 16.9. The van der Waals surface area contributed by atoms with E-state index in [1.807, 2.05) is 11.6 Å². The molecular formula is C18H21N5O3S. The van der Waals surface area contributed by atoms with E-state index in [9.17, 15) is 13.2 Å². The topological polar surface area (TPSA) is 97.2 Å². The minimum atomic E-state index is -3.66. The van der Waals surface area contributed by atoms with Gasteiger partial charge in [0.25, 0.3) is 0 Å². The number of nitrogens with zero attached hydrogens (tertiary/aromatic N) is 4. The number of sulfonamides is 1. The highest BCUT2D eigenvalue weighted by atomic mass is 32.2. The fraction of sp³-hybridized carbons (Fsp3) is 0.500. The van der Waals surface area contributed by atoms with Gasteiger partial charge in [-0.05, 0) is 49.9 Å². The molecule has 8 nitrogen and oxygen atoms in total. The van der Waals surface area contributed by atoms with Crippen molar-refractivity contribution < 1.29 is 13.2 Å². The number of hydrogen-bond donors (Lipinski definition) is 1. The van der Waals surface area contributed by atoms with Crippen LogP contribution in [0.2, 0.25) is 0 Å². The molecule has 2 aliphatic heterocycles. The minimum absolute atomic E-state index is 0.0337. The van der Waals surface area contributed by atoms with E-state index in [1.54, 1.807) is 18.2 Å². The molecule has 1 fully saturated rings. The number of benzene rings is 1. The summed E-state index contributed by atoms with van der Waals surface area (Å²) in [5, 5.41) is 7.35. The number of amides is 1. The van der Waals surface area contributed by atoms with E-state index >= 15 is 0 Å². The van der Waals surface area contributed by atoms with Crippen LogP contribution in [0.5, 0.6) is 0 Å². The SMILES string of the molecule is C[C@@H]1c2nc(C3CC3)nn2CCN1S(=O)(=O)c1ccc2c(c1)CCC(=O)N2. The van der Waals surface area contributed by atoms with Gasteiger partial charge in [-0.3, -0.25) is 4.79 Å². The lowest BCUT2D eigenvalue weighted by Crippen LogP contribution is -2.41. The minimum Gasteiger partial charge on any atom is -0.326 e. The van der Waals surface area contributed by atoms with Gasteiger partial charge in [-0.2, -0.15) is 9.40 Å². The van der Waals surface area contributed by atoms with Crippen LogP contribution in [0.15, 0.2) is 23.1 Å². The zero-order chi connectivity index (χ0) is 18.8. The first-order valence-electron chi connectivity index (χ1n) is 9.33. The van der Waals surface area contributed by atoms with E-state index in [1.165, 1.54) is 4.31 Å². The summed E-state index contributed by atoms with van der Waals surface area (Å²) in [5.74, 6) is 1.97. The van der Waals surface area contributed by atoms with Gasteiger partial charge in [0.1, 0.15) is 5.82 Å². The van der Waals surface area contributed by atoms with Crippen molar-refractivity contribution in [1.29, 1.82) is 0 Å². The largest absolute Gasteiger partial charge is 0.326 e. The molecule has 0 saturated heterocycles. The van der Waals surface area contributed by atoms with Gasteiger partial charge in [0, 0.05) is 24.6 Å². The molecule has 3 aliphatic rings. The van der Waals surface area contributed by atoms with E-state index in [0.29, 0.717) is 37.5 Å². The molecule has 9 heteroatoms. The highest BCUT2D eigenvalue weighted by Gasteiger charge is 2.38. The molecule has 1 saturated carbocycles. The molecule has 0 radical (unpaired) electrons. The molecule has 142 valence electrons. The molecule has 1 aromatic heterocycles. The maximum atomic E-state index is 13.3. The van der Waals surface area contributed by atoms with Crippen LogP contribution in [0, 0.1) is 0 Å². The molecule has 0 unspecified atom stereocenters. The van der Waals surface area contributed by atoms with Gasteiger partial charge < -0.3 is 5.32 Å². The third-order valence-electron chi connectivity index (χ3n) is 5.58. The average molecular weight is 387 g/mol. The number of carbonyl (C=O) groups is 1. The number of aryl methyl sites for hydroxylation is 1. The molecule has 5 rings (SSSR count). The number of nitrogens with one attached hydrogen (secondary N) is 1. The Labute approximate surface area is 157 Å². The Morgan fingerprint density at radius 3 is 2.78 bits per heavy atom. The van der Waals surface area contributed by atoms with Gasteiger partial charge >= 0.3 is 0 Å². The summed E-state index contributed by atoms with van der Waals surface area (Å²) < 4.78 is 29.9. The first-order chi connectivity index (χ1) is 12.9. The molecule has 1 aromatic carbocycles. The van der Waals surface area contributed by atoms with Crippen LogP contribution in [-0.2, 0) is 27.8 Å². The summed E-state index contributed by atoms with van der Waals surface area (Å²) in [5.41, 5.74) is 1.56. The van der Waals surface area contributed by atoms with E-state index in [4.69, 9.17) is 0 Å². The number of rotatable bonds is 3. The van der Waals surface area contributed by atoms with Crippen molar-refractivity contribution in [2.24, 2.45) is 0 Å². The number of anilines is 1. The Balaban J connectivity index is 1.47. The van der Waals surface area contributed by atoms with E-state index in [-0.39, 0.29) is 16.8 Å². The van der Waals surface area contributed by atoms with Gasteiger partial charge in [-0.1, -0.05) is 0 Å². The molecule has 0 spiro atoms. The maximum absolute atomic E-state index is 13.3. The summed E-state index contributed by atoms with van der Waals surface area (Å²) in [6.07, 6.45) is 3.17. The highest BCUT2D eigenvalue weighted by Crippen LogP contribution is 2.40. The lowest BCUT2D eigenvalue weighted by Gasteiger charge is -2.32. The first-order valence-corrected chi connectivity index (χ1v) is 10.8. The molecular weight excluding hydrogens is 366 g/mol. The monoisotopic (exact) mass is 387 g/mol. The Hall–Kier alpha value is -2.26. The van der Waals surface area contributed by atoms with Gasteiger partial charge in [-0.15, -0.1) is 0 Å². The van der Waals surface area contributed by atoms with Gasteiger partial charge in [-0.25, -0.2) is 18.1 Å². The molecule has 1 atom stereocenters. The summed E-state index contributed by atoms with van der Waals surface area (Å²) in [6, 6.07) is 4.58. The fourth-order valence-corrected chi connectivity index (χ4v) is 5.49. The zero-order valence-electron chi connectivity index (χ0n) is 15.1. The summed E-state index contributed by atoms with van der Waals surface area (Å²) in [4.78, 5) is 16.4. The molecule has 27 heavy (non-hydrogen) atoms. The second-order valence-electron chi connectivity index (χ2n) is 7.48. The third kappa shape index (κ3) is 2.76. The Kier molecular flexibility index (Phi) is 3.67. The maximum Gasteiger partial charge on any atom is 0.243 e. The van der Waals surface area contributed by atoms with Crippen molar-refractivity contribution in [3.63, 3.8) is 0 Å². The lowest BCUT2D eigenvalue weighted by molar-refractivity contribution is -0.116. The molecule has 1 amide bonds. The quantitative estimate of drug-likeness (QED) is 0.866. The lowest BCUT2D eigenvalue weighted by atomic mass is 10.0. The predicted octanol–water partition coefficient (Wildman–Crippen LogP) is 1.81. The van der Waals surface area contributed by atoms with Crippen LogP contribution in [0.4, 0.5) is 5.69 Å². The van der Waals surface area contributed by atoms with Gasteiger partial charge in [0.15, 0.2) is 5.82 Å². The average Bonchev–Trinajstić information content (AvgIpc) is 3.40. The Morgan fingerprint density at radius 1 is 1.19 bits per heavy atom. The van der Waals surface area contributed by atoms with Crippen molar-refractivity contribution in [3.8, 4) is 0 Å². The summed E-state index contributed by atoms with van der Waals surface area (Å²) in [6.45, 7) is 2.75. The summed E-state index contributed by atoms with van der Waals surface area (Å²) >= 11 is 0. The normalized spacial score (nSPS) is 22.9. The second-order valence-corrected chi connectivity index (χ2v) is 9.38. The number of aromatic nitrogens is 3. The highest BCUT2D eigenvalue weighted by molar-refractivity contribution is 7.89. The van der Waals surface area contributed by atoms with E-state index in [2.05, 4.69) is 15.4 Å². The van der Waals surface area contributed by atoms with Crippen molar-refractivity contribution in [3.05, 3.63) is 35.4 Å².